The van der Waals surface area contributed by atoms with Crippen LogP contribution in [-0.2, 0) is 6.42 Å². The highest BCUT2D eigenvalue weighted by Gasteiger charge is 2.38. The number of rotatable bonds is 4. The third-order valence-electron chi connectivity index (χ3n) is 4.84. The second kappa shape index (κ2) is 5.49. The number of benzene rings is 1. The number of halogens is 1. The molecule has 2 fully saturated rings. The molecule has 2 nitrogen and oxygen atoms in total. The van der Waals surface area contributed by atoms with Gasteiger partial charge in [0.25, 0.3) is 0 Å². The van der Waals surface area contributed by atoms with Crippen molar-refractivity contribution in [1.82, 2.24) is 5.32 Å². The number of aryl methyl sites for hydroxylation is 1. The minimum absolute atomic E-state index is 0.252. The van der Waals surface area contributed by atoms with Crippen LogP contribution in [-0.4, -0.2) is 19.7 Å². The number of hydrogen-bond donors (Lipinski definition) is 1. The van der Waals surface area contributed by atoms with E-state index in [0.29, 0.717) is 11.8 Å². The van der Waals surface area contributed by atoms with Gasteiger partial charge in [-0.25, -0.2) is 4.39 Å². The van der Waals surface area contributed by atoms with E-state index in [1.54, 1.807) is 12.1 Å². The van der Waals surface area contributed by atoms with Gasteiger partial charge < -0.3 is 10.1 Å². The van der Waals surface area contributed by atoms with Crippen molar-refractivity contribution in [3.05, 3.63) is 29.6 Å². The van der Waals surface area contributed by atoms with Crippen LogP contribution in [0, 0.1) is 17.7 Å². The average Bonchev–Trinajstić information content (AvgIpc) is 3.00. The first kappa shape index (κ1) is 12.9. The lowest BCUT2D eigenvalue weighted by Gasteiger charge is -2.18. The molecule has 104 valence electrons. The second-order valence-electron chi connectivity index (χ2n) is 5.88. The summed E-state index contributed by atoms with van der Waals surface area (Å²) in [6.07, 6.45) is 6.23. The first-order valence-corrected chi connectivity index (χ1v) is 7.33. The van der Waals surface area contributed by atoms with Gasteiger partial charge in [-0.05, 0) is 61.8 Å². The summed E-state index contributed by atoms with van der Waals surface area (Å²) in [6.45, 7) is 1.19. The van der Waals surface area contributed by atoms with Crippen LogP contribution >= 0.6 is 0 Å². The van der Waals surface area contributed by atoms with Gasteiger partial charge in [0, 0.05) is 6.04 Å². The zero-order valence-electron chi connectivity index (χ0n) is 11.5. The molecule has 0 bridgehead atoms. The van der Waals surface area contributed by atoms with E-state index in [1.165, 1.54) is 32.9 Å². The number of methoxy groups -OCH3 is 1. The number of nitrogens with one attached hydrogen (secondary N) is 1. The van der Waals surface area contributed by atoms with Crippen LogP contribution in [0.4, 0.5) is 4.39 Å². The Kier molecular flexibility index (Phi) is 3.74. The first-order valence-electron chi connectivity index (χ1n) is 7.33. The summed E-state index contributed by atoms with van der Waals surface area (Å²) in [5.41, 5.74) is 1.07. The molecule has 0 aromatic heterocycles. The smallest absolute Gasteiger partial charge is 0.165 e. The van der Waals surface area contributed by atoms with Crippen LogP contribution in [0.5, 0.6) is 5.75 Å². The molecule has 1 aliphatic heterocycles. The van der Waals surface area contributed by atoms with Gasteiger partial charge in [0.05, 0.1) is 7.11 Å². The number of fused-ring (bicyclic) bond motifs is 1. The Morgan fingerprint density at radius 3 is 3.05 bits per heavy atom. The number of ether oxygens (including phenoxy) is 1. The van der Waals surface area contributed by atoms with Crippen molar-refractivity contribution in [2.45, 2.75) is 38.1 Å². The van der Waals surface area contributed by atoms with Crippen LogP contribution in [0.15, 0.2) is 18.2 Å². The molecular weight excluding hydrogens is 241 g/mol. The molecule has 3 heteroatoms. The van der Waals surface area contributed by atoms with Crippen LogP contribution in [0.25, 0.3) is 0 Å². The highest BCUT2D eigenvalue weighted by atomic mass is 19.1. The Morgan fingerprint density at radius 2 is 2.26 bits per heavy atom. The molecule has 0 amide bonds. The Hall–Kier alpha value is -1.09. The molecule has 2 aliphatic rings. The van der Waals surface area contributed by atoms with Gasteiger partial charge in [-0.1, -0.05) is 12.5 Å². The monoisotopic (exact) mass is 263 g/mol. The van der Waals surface area contributed by atoms with Crippen molar-refractivity contribution in [1.29, 1.82) is 0 Å². The van der Waals surface area contributed by atoms with Gasteiger partial charge in [0.2, 0.25) is 0 Å². The van der Waals surface area contributed by atoms with E-state index in [4.69, 9.17) is 4.74 Å². The molecule has 19 heavy (non-hydrogen) atoms. The Morgan fingerprint density at radius 1 is 1.37 bits per heavy atom. The predicted octanol–water partition coefficient (Wildman–Crippen LogP) is 3.16. The van der Waals surface area contributed by atoms with Crippen molar-refractivity contribution in [2.75, 3.05) is 13.7 Å². The maximum atomic E-state index is 13.6. The van der Waals surface area contributed by atoms with E-state index in [0.717, 1.165) is 30.2 Å². The van der Waals surface area contributed by atoms with Crippen LogP contribution in [0.2, 0.25) is 0 Å². The standard InChI is InChI=1S/C16H22FNO/c1-19-16-8-6-11(9-14(16)17)5-7-15-13-4-2-3-12(13)10-18-15/h6,8-9,12-13,15,18H,2-5,7,10H2,1H3. The molecule has 1 aromatic carbocycles. The van der Waals surface area contributed by atoms with Gasteiger partial charge in [-0.3, -0.25) is 0 Å². The second-order valence-corrected chi connectivity index (χ2v) is 5.88. The first-order chi connectivity index (χ1) is 9.28. The fraction of sp³-hybridized carbons (Fsp3) is 0.625. The average molecular weight is 263 g/mol. The Balaban J connectivity index is 1.59. The minimum atomic E-state index is -0.252. The normalized spacial score (nSPS) is 29.5. The SMILES string of the molecule is COc1ccc(CCC2NCC3CCCC32)cc1F. The van der Waals surface area contributed by atoms with Crippen molar-refractivity contribution >= 4 is 0 Å². The number of hydrogen-bond acceptors (Lipinski definition) is 2. The summed E-state index contributed by atoms with van der Waals surface area (Å²) < 4.78 is 18.6. The summed E-state index contributed by atoms with van der Waals surface area (Å²) in [5.74, 6) is 1.84. The molecule has 3 atom stereocenters. The molecule has 1 saturated carbocycles. The highest BCUT2D eigenvalue weighted by molar-refractivity contribution is 5.29. The molecule has 1 aromatic rings. The van der Waals surface area contributed by atoms with Crippen LogP contribution < -0.4 is 10.1 Å². The zero-order valence-corrected chi connectivity index (χ0v) is 11.5. The van der Waals surface area contributed by atoms with Crippen molar-refractivity contribution in [3.63, 3.8) is 0 Å². The lowest BCUT2D eigenvalue weighted by Crippen LogP contribution is -2.27. The van der Waals surface area contributed by atoms with Crippen molar-refractivity contribution in [2.24, 2.45) is 11.8 Å². The third kappa shape index (κ3) is 2.62. The predicted molar refractivity (Wildman–Crippen MR) is 73.9 cm³/mol. The lowest BCUT2D eigenvalue weighted by atomic mass is 9.90. The summed E-state index contributed by atoms with van der Waals surface area (Å²) in [6, 6.07) is 5.95. The molecule has 1 heterocycles. The lowest BCUT2D eigenvalue weighted by molar-refractivity contribution is 0.384. The molecule has 1 aliphatic carbocycles. The summed E-state index contributed by atoms with van der Waals surface area (Å²) >= 11 is 0. The summed E-state index contributed by atoms with van der Waals surface area (Å²) in [4.78, 5) is 0. The summed E-state index contributed by atoms with van der Waals surface area (Å²) in [5, 5.41) is 3.65. The fourth-order valence-corrected chi connectivity index (χ4v) is 3.81. The van der Waals surface area contributed by atoms with Crippen molar-refractivity contribution in [3.8, 4) is 5.75 Å². The summed E-state index contributed by atoms with van der Waals surface area (Å²) in [7, 11) is 1.50. The van der Waals surface area contributed by atoms with Gasteiger partial charge in [0.15, 0.2) is 11.6 Å². The molecule has 1 N–H and O–H groups in total. The molecular formula is C16H22FNO. The van der Waals surface area contributed by atoms with E-state index in [9.17, 15) is 4.39 Å². The largest absolute Gasteiger partial charge is 0.494 e. The topological polar surface area (TPSA) is 21.3 Å². The van der Waals surface area contributed by atoms with Gasteiger partial charge in [0.1, 0.15) is 0 Å². The fourth-order valence-electron chi connectivity index (χ4n) is 3.81. The van der Waals surface area contributed by atoms with E-state index in [2.05, 4.69) is 5.32 Å². The highest BCUT2D eigenvalue weighted by Crippen LogP contribution is 2.39. The van der Waals surface area contributed by atoms with Crippen LogP contribution in [0.1, 0.15) is 31.2 Å². The molecule has 0 spiro atoms. The molecule has 1 saturated heterocycles. The third-order valence-corrected chi connectivity index (χ3v) is 4.84. The quantitative estimate of drug-likeness (QED) is 0.901. The molecule has 3 rings (SSSR count). The van der Waals surface area contributed by atoms with E-state index >= 15 is 0 Å². The zero-order chi connectivity index (χ0) is 13.2. The maximum Gasteiger partial charge on any atom is 0.165 e. The minimum Gasteiger partial charge on any atom is -0.494 e. The van der Waals surface area contributed by atoms with E-state index in [-0.39, 0.29) is 5.82 Å². The van der Waals surface area contributed by atoms with E-state index in [1.807, 2.05) is 6.07 Å². The molecule has 3 unspecified atom stereocenters. The Bertz CT molecular complexity index is 448. The maximum absolute atomic E-state index is 13.6. The van der Waals surface area contributed by atoms with Crippen LogP contribution in [0.3, 0.4) is 0 Å². The van der Waals surface area contributed by atoms with Gasteiger partial charge in [-0.2, -0.15) is 0 Å². The molecule has 0 radical (unpaired) electrons. The van der Waals surface area contributed by atoms with Gasteiger partial charge in [-0.15, -0.1) is 0 Å². The van der Waals surface area contributed by atoms with Gasteiger partial charge >= 0.3 is 0 Å². The Labute approximate surface area is 114 Å². The van der Waals surface area contributed by atoms with E-state index < -0.39 is 0 Å². The van der Waals surface area contributed by atoms with Crippen molar-refractivity contribution < 1.29 is 9.13 Å².